The van der Waals surface area contributed by atoms with Gasteiger partial charge in [-0.2, -0.15) is 0 Å². The normalized spacial score (nSPS) is 23.9. The molecule has 0 aromatic heterocycles. The molecule has 1 saturated heterocycles. The van der Waals surface area contributed by atoms with Gasteiger partial charge in [-0.1, -0.05) is 37.6 Å². The first-order chi connectivity index (χ1) is 14.3. The highest BCUT2D eigenvalue weighted by molar-refractivity contribution is 6.32. The van der Waals surface area contributed by atoms with Gasteiger partial charge < -0.3 is 24.1 Å². The summed E-state index contributed by atoms with van der Waals surface area (Å²) < 4.78 is 21.5. The van der Waals surface area contributed by atoms with Crippen LogP contribution < -0.4 is 14.2 Å². The Bertz CT molecular complexity index is 997. The van der Waals surface area contributed by atoms with E-state index in [1.807, 2.05) is 38.1 Å². The molecule has 30 heavy (non-hydrogen) atoms. The second-order valence-corrected chi connectivity index (χ2v) is 8.16. The Kier molecular flexibility index (Phi) is 5.38. The average Bonchev–Trinajstić information content (AvgIpc) is 3.28. The predicted molar refractivity (Wildman–Crippen MR) is 112 cm³/mol. The fourth-order valence-corrected chi connectivity index (χ4v) is 4.20. The molecule has 2 aliphatic heterocycles. The third kappa shape index (κ3) is 3.50. The van der Waals surface area contributed by atoms with E-state index in [1.165, 1.54) is 0 Å². The molecule has 4 rings (SSSR count). The van der Waals surface area contributed by atoms with Gasteiger partial charge in [0.2, 0.25) is 6.79 Å². The van der Waals surface area contributed by atoms with Gasteiger partial charge in [0.05, 0.1) is 18.1 Å². The zero-order chi connectivity index (χ0) is 21.5. The van der Waals surface area contributed by atoms with Crippen LogP contribution in [0.25, 0.3) is 6.08 Å². The standard InChI is InChI=1S/C23H23ClO6/c1-13(2)23(26)17(8-15-9-18(24)21-19(10-15)28-12-29-21)22(25)30-20(23)11-14-4-6-16(27-3)7-5-14/h4-7,9-11,13,17,26H,8,12H2,1-3H3/t17-,23+/m1/s1. The molecule has 158 valence electrons. The predicted octanol–water partition coefficient (Wildman–Crippen LogP) is 4.22. The van der Waals surface area contributed by atoms with Crippen molar-refractivity contribution in [1.82, 2.24) is 0 Å². The fraction of sp³-hybridized carbons (Fsp3) is 0.348. The number of hydrogen-bond donors (Lipinski definition) is 1. The Balaban J connectivity index is 1.67. The Morgan fingerprint density at radius 3 is 2.67 bits per heavy atom. The molecule has 1 fully saturated rings. The van der Waals surface area contributed by atoms with E-state index in [-0.39, 0.29) is 24.9 Å². The fourth-order valence-electron chi connectivity index (χ4n) is 3.91. The molecule has 1 N–H and O–H groups in total. The van der Waals surface area contributed by atoms with E-state index in [2.05, 4.69) is 0 Å². The summed E-state index contributed by atoms with van der Waals surface area (Å²) in [6.07, 6.45) is 1.95. The molecular formula is C23H23ClO6. The van der Waals surface area contributed by atoms with Crippen LogP contribution in [0.3, 0.4) is 0 Å². The van der Waals surface area contributed by atoms with Crippen molar-refractivity contribution in [3.8, 4) is 17.2 Å². The van der Waals surface area contributed by atoms with E-state index in [4.69, 9.17) is 30.5 Å². The van der Waals surface area contributed by atoms with Gasteiger partial charge in [-0.3, -0.25) is 4.79 Å². The number of ether oxygens (including phenoxy) is 4. The van der Waals surface area contributed by atoms with Gasteiger partial charge >= 0.3 is 5.97 Å². The van der Waals surface area contributed by atoms with E-state index in [1.54, 1.807) is 25.3 Å². The van der Waals surface area contributed by atoms with Crippen molar-refractivity contribution >= 4 is 23.6 Å². The molecule has 0 saturated carbocycles. The van der Waals surface area contributed by atoms with Gasteiger partial charge in [0.15, 0.2) is 11.5 Å². The number of methoxy groups -OCH3 is 1. The molecule has 2 heterocycles. The minimum atomic E-state index is -1.46. The van der Waals surface area contributed by atoms with Crippen molar-refractivity contribution in [2.24, 2.45) is 11.8 Å². The number of cyclic esters (lactones) is 1. The topological polar surface area (TPSA) is 74.2 Å². The molecule has 0 amide bonds. The van der Waals surface area contributed by atoms with Gasteiger partial charge in [-0.05, 0) is 53.8 Å². The van der Waals surface area contributed by atoms with Crippen molar-refractivity contribution in [2.75, 3.05) is 13.9 Å². The highest BCUT2D eigenvalue weighted by Gasteiger charge is 2.55. The first-order valence-corrected chi connectivity index (χ1v) is 10.1. The second kappa shape index (κ2) is 7.85. The van der Waals surface area contributed by atoms with E-state index in [0.29, 0.717) is 16.5 Å². The van der Waals surface area contributed by atoms with Crippen LogP contribution >= 0.6 is 11.6 Å². The van der Waals surface area contributed by atoms with Crippen LogP contribution in [-0.4, -0.2) is 30.6 Å². The summed E-state index contributed by atoms with van der Waals surface area (Å²) in [5, 5.41) is 12.0. The summed E-state index contributed by atoms with van der Waals surface area (Å²) in [7, 11) is 1.59. The van der Waals surface area contributed by atoms with Crippen molar-refractivity contribution in [2.45, 2.75) is 25.9 Å². The summed E-state index contributed by atoms with van der Waals surface area (Å²) in [4.78, 5) is 12.8. The summed E-state index contributed by atoms with van der Waals surface area (Å²) in [5.41, 5.74) is 0.0975. The second-order valence-electron chi connectivity index (χ2n) is 7.75. The maximum atomic E-state index is 12.8. The molecular weight excluding hydrogens is 408 g/mol. The summed E-state index contributed by atoms with van der Waals surface area (Å²) in [6.45, 7) is 3.83. The molecule has 6 nitrogen and oxygen atoms in total. The number of esters is 1. The number of carbonyl (C=O) groups is 1. The van der Waals surface area contributed by atoms with Crippen LogP contribution in [0.1, 0.15) is 25.0 Å². The van der Waals surface area contributed by atoms with Gasteiger partial charge in [-0.25, -0.2) is 0 Å². The molecule has 2 aliphatic rings. The molecule has 7 heteroatoms. The lowest BCUT2D eigenvalue weighted by molar-refractivity contribution is -0.140. The summed E-state index contributed by atoms with van der Waals surface area (Å²) in [6, 6.07) is 10.8. The highest BCUT2D eigenvalue weighted by Crippen LogP contribution is 2.46. The third-order valence-corrected chi connectivity index (χ3v) is 5.92. The minimum absolute atomic E-state index is 0.106. The third-order valence-electron chi connectivity index (χ3n) is 5.64. The smallest absolute Gasteiger partial charge is 0.317 e. The molecule has 0 unspecified atom stereocenters. The lowest BCUT2D eigenvalue weighted by atomic mass is 9.75. The number of carbonyl (C=O) groups excluding carboxylic acids is 1. The van der Waals surface area contributed by atoms with Crippen molar-refractivity contribution in [3.63, 3.8) is 0 Å². The lowest BCUT2D eigenvalue weighted by Crippen LogP contribution is -2.43. The molecule has 0 bridgehead atoms. The van der Waals surface area contributed by atoms with Crippen molar-refractivity contribution in [3.05, 3.63) is 58.3 Å². The SMILES string of the molecule is COc1ccc(C=C2OC(=O)[C@@H](Cc3cc(Cl)c4c(c3)OCO4)[C@@]2(O)C(C)C)cc1. The molecule has 0 aliphatic carbocycles. The summed E-state index contributed by atoms with van der Waals surface area (Å²) >= 11 is 6.29. The number of aliphatic hydroxyl groups is 1. The van der Waals surface area contributed by atoms with E-state index in [0.717, 1.165) is 16.9 Å². The summed E-state index contributed by atoms with van der Waals surface area (Å²) in [5.74, 6) is 0.474. The van der Waals surface area contributed by atoms with E-state index < -0.39 is 17.5 Å². The molecule has 0 spiro atoms. The van der Waals surface area contributed by atoms with Crippen LogP contribution in [-0.2, 0) is 16.0 Å². The highest BCUT2D eigenvalue weighted by atomic mass is 35.5. The number of fused-ring (bicyclic) bond motifs is 1. The molecule has 2 aromatic rings. The Labute approximate surface area is 180 Å². The maximum absolute atomic E-state index is 12.8. The Hall–Kier alpha value is -2.70. The number of hydrogen-bond acceptors (Lipinski definition) is 6. The first-order valence-electron chi connectivity index (χ1n) is 9.71. The minimum Gasteiger partial charge on any atom is -0.497 e. The van der Waals surface area contributed by atoms with E-state index in [9.17, 15) is 9.90 Å². The van der Waals surface area contributed by atoms with Crippen molar-refractivity contribution in [1.29, 1.82) is 0 Å². The molecule has 2 aromatic carbocycles. The zero-order valence-corrected chi connectivity index (χ0v) is 17.7. The quantitative estimate of drug-likeness (QED) is 0.716. The number of benzene rings is 2. The number of rotatable bonds is 5. The van der Waals surface area contributed by atoms with Gasteiger partial charge in [0.1, 0.15) is 17.1 Å². The van der Waals surface area contributed by atoms with Crippen LogP contribution in [0.4, 0.5) is 0 Å². The zero-order valence-electron chi connectivity index (χ0n) is 17.0. The Morgan fingerprint density at radius 1 is 1.27 bits per heavy atom. The largest absolute Gasteiger partial charge is 0.497 e. The van der Waals surface area contributed by atoms with Gasteiger partial charge in [0.25, 0.3) is 0 Å². The monoisotopic (exact) mass is 430 g/mol. The van der Waals surface area contributed by atoms with E-state index >= 15 is 0 Å². The van der Waals surface area contributed by atoms with Crippen LogP contribution in [0, 0.1) is 11.8 Å². The van der Waals surface area contributed by atoms with Gasteiger partial charge in [0, 0.05) is 0 Å². The van der Waals surface area contributed by atoms with Crippen LogP contribution in [0.5, 0.6) is 17.2 Å². The van der Waals surface area contributed by atoms with Gasteiger partial charge in [-0.15, -0.1) is 0 Å². The first kappa shape index (κ1) is 20.6. The molecule has 0 radical (unpaired) electrons. The Morgan fingerprint density at radius 2 is 2.00 bits per heavy atom. The lowest BCUT2D eigenvalue weighted by Gasteiger charge is -2.31. The molecule has 2 atom stereocenters. The van der Waals surface area contributed by atoms with Crippen molar-refractivity contribution < 1.29 is 28.8 Å². The van der Waals surface area contributed by atoms with Crippen LogP contribution in [0.2, 0.25) is 5.02 Å². The average molecular weight is 431 g/mol. The number of halogens is 1. The van der Waals surface area contributed by atoms with Crippen LogP contribution in [0.15, 0.2) is 42.2 Å². The maximum Gasteiger partial charge on any atom is 0.317 e.